The summed E-state index contributed by atoms with van der Waals surface area (Å²) in [5.74, 6) is -0.172. The fourth-order valence-electron chi connectivity index (χ4n) is 2.23. The Balaban J connectivity index is 1.78. The van der Waals surface area contributed by atoms with E-state index in [9.17, 15) is 4.39 Å². The zero-order chi connectivity index (χ0) is 11.5. The molecule has 1 atom stereocenters. The second-order valence-corrected chi connectivity index (χ2v) is 4.83. The summed E-state index contributed by atoms with van der Waals surface area (Å²) in [6, 6.07) is 8.10. The van der Waals surface area contributed by atoms with E-state index in [4.69, 9.17) is 5.73 Å². The van der Waals surface area contributed by atoms with Crippen LogP contribution in [-0.4, -0.2) is 18.1 Å². The second kappa shape index (κ2) is 4.93. The van der Waals surface area contributed by atoms with Gasteiger partial charge in [-0.15, -0.1) is 0 Å². The van der Waals surface area contributed by atoms with E-state index in [0.29, 0.717) is 18.1 Å². The molecule has 16 heavy (non-hydrogen) atoms. The van der Waals surface area contributed by atoms with Crippen molar-refractivity contribution in [2.75, 3.05) is 0 Å². The lowest BCUT2D eigenvalue weighted by Gasteiger charge is -2.35. The monoisotopic (exact) mass is 222 g/mol. The molecular formula is C13H19FN2. The Morgan fingerprint density at radius 3 is 2.56 bits per heavy atom. The van der Waals surface area contributed by atoms with Gasteiger partial charge in [-0.2, -0.15) is 0 Å². The molecule has 1 aromatic carbocycles. The largest absolute Gasteiger partial charge is 0.328 e. The van der Waals surface area contributed by atoms with Crippen LogP contribution in [0.5, 0.6) is 0 Å². The Morgan fingerprint density at radius 1 is 1.38 bits per heavy atom. The van der Waals surface area contributed by atoms with Gasteiger partial charge in [-0.3, -0.25) is 0 Å². The Kier molecular flexibility index (Phi) is 3.56. The van der Waals surface area contributed by atoms with Crippen LogP contribution in [0.4, 0.5) is 4.39 Å². The molecule has 1 aromatic rings. The van der Waals surface area contributed by atoms with Gasteiger partial charge < -0.3 is 11.1 Å². The third kappa shape index (κ3) is 3.03. The third-order valence-corrected chi connectivity index (χ3v) is 3.15. The molecule has 0 spiro atoms. The first-order valence-corrected chi connectivity index (χ1v) is 5.89. The molecule has 0 aromatic heterocycles. The van der Waals surface area contributed by atoms with E-state index in [1.54, 1.807) is 0 Å². The maximum absolute atomic E-state index is 12.7. The highest BCUT2D eigenvalue weighted by atomic mass is 19.1. The zero-order valence-corrected chi connectivity index (χ0v) is 9.62. The van der Waals surface area contributed by atoms with Crippen LogP contribution in [0.3, 0.4) is 0 Å². The van der Waals surface area contributed by atoms with Gasteiger partial charge in [0, 0.05) is 18.1 Å². The zero-order valence-electron chi connectivity index (χ0n) is 9.62. The molecule has 88 valence electrons. The quantitative estimate of drug-likeness (QED) is 0.815. The number of hydrogen-bond acceptors (Lipinski definition) is 2. The van der Waals surface area contributed by atoms with Gasteiger partial charge in [-0.1, -0.05) is 12.1 Å². The molecule has 3 heteroatoms. The van der Waals surface area contributed by atoms with Crippen molar-refractivity contribution >= 4 is 0 Å². The average molecular weight is 222 g/mol. The SMILES string of the molecule is CC(Cc1ccc(F)cc1)NC1CC(N)C1. The molecule has 0 amide bonds. The predicted octanol–water partition coefficient (Wildman–Crippen LogP) is 1.84. The van der Waals surface area contributed by atoms with Crippen LogP contribution in [-0.2, 0) is 6.42 Å². The molecule has 0 aliphatic heterocycles. The van der Waals surface area contributed by atoms with Crippen LogP contribution in [0.1, 0.15) is 25.3 Å². The van der Waals surface area contributed by atoms with Crippen LogP contribution >= 0.6 is 0 Å². The summed E-state index contributed by atoms with van der Waals surface area (Å²) in [6.07, 6.45) is 3.09. The molecule has 3 N–H and O–H groups in total. The van der Waals surface area contributed by atoms with E-state index in [2.05, 4.69) is 12.2 Å². The summed E-state index contributed by atoms with van der Waals surface area (Å²) >= 11 is 0. The van der Waals surface area contributed by atoms with Gasteiger partial charge in [0.25, 0.3) is 0 Å². The minimum atomic E-state index is -0.172. The van der Waals surface area contributed by atoms with E-state index in [0.717, 1.165) is 19.3 Å². The number of nitrogens with one attached hydrogen (secondary N) is 1. The number of benzene rings is 1. The van der Waals surface area contributed by atoms with Gasteiger partial charge in [0.2, 0.25) is 0 Å². The van der Waals surface area contributed by atoms with Crippen LogP contribution in [0.2, 0.25) is 0 Å². The summed E-state index contributed by atoms with van der Waals surface area (Å²) in [4.78, 5) is 0. The molecule has 2 rings (SSSR count). The van der Waals surface area contributed by atoms with Crippen molar-refractivity contribution in [1.82, 2.24) is 5.32 Å². The molecule has 1 aliphatic carbocycles. The smallest absolute Gasteiger partial charge is 0.123 e. The maximum atomic E-state index is 12.7. The van der Waals surface area contributed by atoms with Crippen LogP contribution < -0.4 is 11.1 Å². The minimum absolute atomic E-state index is 0.172. The van der Waals surface area contributed by atoms with E-state index < -0.39 is 0 Å². The Morgan fingerprint density at radius 2 is 2.00 bits per heavy atom. The van der Waals surface area contributed by atoms with Gasteiger partial charge in [0.1, 0.15) is 5.82 Å². The van der Waals surface area contributed by atoms with Gasteiger partial charge in [0.15, 0.2) is 0 Å². The average Bonchev–Trinajstić information content (AvgIpc) is 2.19. The van der Waals surface area contributed by atoms with Crippen molar-refractivity contribution in [1.29, 1.82) is 0 Å². The third-order valence-electron chi connectivity index (χ3n) is 3.15. The Labute approximate surface area is 96.0 Å². The molecular weight excluding hydrogens is 203 g/mol. The summed E-state index contributed by atoms with van der Waals surface area (Å²) in [5, 5.41) is 3.54. The highest BCUT2D eigenvalue weighted by molar-refractivity contribution is 5.17. The summed E-state index contributed by atoms with van der Waals surface area (Å²) in [7, 11) is 0. The van der Waals surface area contributed by atoms with Crippen LogP contribution in [0, 0.1) is 5.82 Å². The van der Waals surface area contributed by atoms with E-state index >= 15 is 0 Å². The van der Waals surface area contributed by atoms with Crippen molar-refractivity contribution in [3.63, 3.8) is 0 Å². The lowest BCUT2D eigenvalue weighted by atomic mass is 9.87. The molecule has 0 bridgehead atoms. The summed E-state index contributed by atoms with van der Waals surface area (Å²) in [6.45, 7) is 2.16. The first-order valence-electron chi connectivity index (χ1n) is 5.89. The van der Waals surface area contributed by atoms with E-state index in [1.165, 1.54) is 17.7 Å². The summed E-state index contributed by atoms with van der Waals surface area (Å²) < 4.78 is 12.7. The molecule has 1 saturated carbocycles. The van der Waals surface area contributed by atoms with Gasteiger partial charge in [-0.05, 0) is 43.9 Å². The molecule has 1 aliphatic rings. The topological polar surface area (TPSA) is 38.0 Å². The first-order chi connectivity index (χ1) is 7.63. The van der Waals surface area contributed by atoms with Crippen LogP contribution in [0.15, 0.2) is 24.3 Å². The van der Waals surface area contributed by atoms with Crippen molar-refractivity contribution < 1.29 is 4.39 Å². The molecule has 0 heterocycles. The van der Waals surface area contributed by atoms with Crippen molar-refractivity contribution in [3.05, 3.63) is 35.6 Å². The van der Waals surface area contributed by atoms with Crippen molar-refractivity contribution in [3.8, 4) is 0 Å². The Bertz CT molecular complexity index is 330. The van der Waals surface area contributed by atoms with E-state index in [-0.39, 0.29) is 5.82 Å². The van der Waals surface area contributed by atoms with Gasteiger partial charge in [0.05, 0.1) is 0 Å². The number of hydrogen-bond donors (Lipinski definition) is 2. The molecule has 1 fully saturated rings. The number of halogens is 1. The predicted molar refractivity (Wildman–Crippen MR) is 63.7 cm³/mol. The molecule has 0 saturated heterocycles. The lowest BCUT2D eigenvalue weighted by Crippen LogP contribution is -2.51. The number of rotatable bonds is 4. The van der Waals surface area contributed by atoms with Crippen molar-refractivity contribution in [2.45, 2.75) is 44.3 Å². The fourth-order valence-corrected chi connectivity index (χ4v) is 2.23. The Hall–Kier alpha value is -0.930. The second-order valence-electron chi connectivity index (χ2n) is 4.83. The molecule has 1 unspecified atom stereocenters. The van der Waals surface area contributed by atoms with Crippen molar-refractivity contribution in [2.24, 2.45) is 5.73 Å². The highest BCUT2D eigenvalue weighted by Crippen LogP contribution is 2.18. The highest BCUT2D eigenvalue weighted by Gasteiger charge is 2.26. The lowest BCUT2D eigenvalue weighted by molar-refractivity contribution is 0.270. The minimum Gasteiger partial charge on any atom is -0.328 e. The molecule has 2 nitrogen and oxygen atoms in total. The maximum Gasteiger partial charge on any atom is 0.123 e. The van der Waals surface area contributed by atoms with Crippen LogP contribution in [0.25, 0.3) is 0 Å². The fraction of sp³-hybridized carbons (Fsp3) is 0.538. The number of nitrogens with two attached hydrogens (primary N) is 1. The van der Waals surface area contributed by atoms with Gasteiger partial charge >= 0.3 is 0 Å². The standard InChI is InChI=1S/C13H19FN2/c1-9(16-13-7-12(15)8-13)6-10-2-4-11(14)5-3-10/h2-5,9,12-13,16H,6-8,15H2,1H3. The summed E-state index contributed by atoms with van der Waals surface area (Å²) in [5.41, 5.74) is 6.90. The van der Waals surface area contributed by atoms with Gasteiger partial charge in [-0.25, -0.2) is 4.39 Å². The molecule has 0 radical (unpaired) electrons. The van der Waals surface area contributed by atoms with E-state index in [1.807, 2.05) is 12.1 Å². The first kappa shape index (κ1) is 11.6. The normalized spacial score (nSPS) is 26.2.